The second kappa shape index (κ2) is 6.70. The highest BCUT2D eigenvalue weighted by atomic mass is 16.1. The number of aryl methyl sites for hydroxylation is 2. The molecule has 2 heterocycles. The number of aromatic nitrogens is 4. The molecule has 1 aromatic carbocycles. The molecule has 0 saturated carbocycles. The molecular formula is C18H21N5O. The first-order valence-corrected chi connectivity index (χ1v) is 8.00. The number of carbonyl (C=O) groups is 1. The molecule has 0 aliphatic rings. The van der Waals surface area contributed by atoms with Crippen molar-refractivity contribution in [1.82, 2.24) is 19.6 Å². The Balaban J connectivity index is 1.78. The molecule has 3 aromatic rings. The molecule has 0 saturated heterocycles. The van der Waals surface area contributed by atoms with Crippen LogP contribution in [0.4, 0.5) is 5.69 Å². The van der Waals surface area contributed by atoms with Gasteiger partial charge in [-0.2, -0.15) is 10.2 Å². The Kier molecular flexibility index (Phi) is 4.46. The van der Waals surface area contributed by atoms with Crippen molar-refractivity contribution in [2.75, 3.05) is 5.32 Å². The second-order valence-corrected chi connectivity index (χ2v) is 5.72. The summed E-state index contributed by atoms with van der Waals surface area (Å²) in [5.41, 5.74) is 4.14. The maximum absolute atomic E-state index is 12.6. The maximum atomic E-state index is 12.6. The molecular weight excluding hydrogens is 302 g/mol. The van der Waals surface area contributed by atoms with E-state index in [1.165, 1.54) is 0 Å². The van der Waals surface area contributed by atoms with Crippen molar-refractivity contribution in [2.24, 2.45) is 0 Å². The molecule has 0 aliphatic heterocycles. The minimum Gasteiger partial charge on any atom is -0.322 e. The molecule has 0 fully saturated rings. The van der Waals surface area contributed by atoms with Crippen molar-refractivity contribution in [3.8, 4) is 0 Å². The summed E-state index contributed by atoms with van der Waals surface area (Å²) in [5.74, 6) is -0.124. The van der Waals surface area contributed by atoms with Gasteiger partial charge in [-0.25, -0.2) is 0 Å². The van der Waals surface area contributed by atoms with Crippen LogP contribution in [0.15, 0.2) is 42.7 Å². The Labute approximate surface area is 141 Å². The second-order valence-electron chi connectivity index (χ2n) is 5.72. The smallest absolute Gasteiger partial charge is 0.259 e. The van der Waals surface area contributed by atoms with Gasteiger partial charge in [-0.3, -0.25) is 14.2 Å². The summed E-state index contributed by atoms with van der Waals surface area (Å²) in [5, 5.41) is 11.6. The number of hydrogen-bond donors (Lipinski definition) is 1. The maximum Gasteiger partial charge on any atom is 0.259 e. The molecule has 0 bridgehead atoms. The first kappa shape index (κ1) is 16.0. The summed E-state index contributed by atoms with van der Waals surface area (Å²) in [6, 6.07) is 9.70. The third-order valence-corrected chi connectivity index (χ3v) is 4.00. The van der Waals surface area contributed by atoms with Gasteiger partial charge in [0.05, 0.1) is 17.8 Å². The fourth-order valence-electron chi connectivity index (χ4n) is 2.86. The van der Waals surface area contributed by atoms with Gasteiger partial charge in [-0.1, -0.05) is 12.1 Å². The number of anilines is 1. The van der Waals surface area contributed by atoms with Crippen LogP contribution in [0.25, 0.3) is 0 Å². The van der Waals surface area contributed by atoms with Crippen molar-refractivity contribution in [1.29, 1.82) is 0 Å². The number of amides is 1. The zero-order valence-corrected chi connectivity index (χ0v) is 14.2. The van der Waals surface area contributed by atoms with Gasteiger partial charge in [0.1, 0.15) is 0 Å². The van der Waals surface area contributed by atoms with Crippen LogP contribution in [0.3, 0.4) is 0 Å². The summed E-state index contributed by atoms with van der Waals surface area (Å²) in [7, 11) is 0. The average Bonchev–Trinajstić information content (AvgIpc) is 3.15. The monoisotopic (exact) mass is 323 g/mol. The van der Waals surface area contributed by atoms with E-state index in [1.807, 2.05) is 66.7 Å². The Morgan fingerprint density at radius 1 is 1.25 bits per heavy atom. The minimum atomic E-state index is -0.124. The lowest BCUT2D eigenvalue weighted by molar-refractivity contribution is 0.102. The molecule has 1 amide bonds. The number of nitrogens with zero attached hydrogens (tertiary/aromatic N) is 4. The summed E-state index contributed by atoms with van der Waals surface area (Å²) >= 11 is 0. The largest absolute Gasteiger partial charge is 0.322 e. The average molecular weight is 323 g/mol. The fourth-order valence-corrected chi connectivity index (χ4v) is 2.86. The van der Waals surface area contributed by atoms with E-state index >= 15 is 0 Å². The van der Waals surface area contributed by atoms with Crippen molar-refractivity contribution < 1.29 is 4.79 Å². The van der Waals surface area contributed by atoms with Gasteiger partial charge in [0.2, 0.25) is 0 Å². The third-order valence-electron chi connectivity index (χ3n) is 4.00. The third kappa shape index (κ3) is 3.22. The highest BCUT2D eigenvalue weighted by molar-refractivity contribution is 6.05. The van der Waals surface area contributed by atoms with Crippen LogP contribution >= 0.6 is 0 Å². The molecule has 0 spiro atoms. The number of carbonyl (C=O) groups excluding carboxylic acids is 1. The molecule has 1 N–H and O–H groups in total. The fraction of sp³-hybridized carbons (Fsp3) is 0.278. The molecule has 0 unspecified atom stereocenters. The van der Waals surface area contributed by atoms with E-state index in [4.69, 9.17) is 0 Å². The predicted molar refractivity (Wildman–Crippen MR) is 93.1 cm³/mol. The molecule has 3 rings (SSSR count). The topological polar surface area (TPSA) is 64.7 Å². The lowest BCUT2D eigenvalue weighted by Crippen LogP contribution is -2.14. The van der Waals surface area contributed by atoms with Gasteiger partial charge in [-0.15, -0.1) is 0 Å². The van der Waals surface area contributed by atoms with Crippen molar-refractivity contribution in [3.63, 3.8) is 0 Å². The normalized spacial score (nSPS) is 10.8. The molecule has 24 heavy (non-hydrogen) atoms. The lowest BCUT2D eigenvalue weighted by Gasteiger charge is -2.08. The molecule has 0 radical (unpaired) electrons. The number of hydrogen-bond acceptors (Lipinski definition) is 3. The van der Waals surface area contributed by atoms with Gasteiger partial charge >= 0.3 is 0 Å². The number of rotatable bonds is 5. The Morgan fingerprint density at radius 3 is 2.75 bits per heavy atom. The van der Waals surface area contributed by atoms with E-state index in [1.54, 1.807) is 6.20 Å². The van der Waals surface area contributed by atoms with Gasteiger partial charge in [0.15, 0.2) is 0 Å². The van der Waals surface area contributed by atoms with E-state index in [-0.39, 0.29) is 5.91 Å². The first-order valence-electron chi connectivity index (χ1n) is 8.00. The van der Waals surface area contributed by atoms with E-state index in [0.29, 0.717) is 12.1 Å². The summed E-state index contributed by atoms with van der Waals surface area (Å²) in [4.78, 5) is 12.6. The predicted octanol–water partition coefficient (Wildman–Crippen LogP) is 3.02. The van der Waals surface area contributed by atoms with E-state index in [0.717, 1.165) is 29.2 Å². The van der Waals surface area contributed by atoms with Crippen LogP contribution < -0.4 is 5.32 Å². The molecule has 0 aliphatic carbocycles. The van der Waals surface area contributed by atoms with Crippen LogP contribution in [0.1, 0.15) is 34.2 Å². The van der Waals surface area contributed by atoms with E-state index in [2.05, 4.69) is 15.5 Å². The highest BCUT2D eigenvalue weighted by Crippen LogP contribution is 2.17. The minimum absolute atomic E-state index is 0.124. The highest BCUT2D eigenvalue weighted by Gasteiger charge is 2.18. The van der Waals surface area contributed by atoms with Crippen LogP contribution in [-0.2, 0) is 13.1 Å². The van der Waals surface area contributed by atoms with Gasteiger partial charge in [-0.05, 0) is 44.5 Å². The first-order chi connectivity index (χ1) is 11.6. The number of benzene rings is 1. The summed E-state index contributed by atoms with van der Waals surface area (Å²) in [6.07, 6.45) is 3.67. The van der Waals surface area contributed by atoms with Crippen LogP contribution in [-0.4, -0.2) is 25.5 Å². The van der Waals surface area contributed by atoms with E-state index < -0.39 is 0 Å². The molecule has 6 heteroatoms. The molecule has 2 aromatic heterocycles. The van der Waals surface area contributed by atoms with Gasteiger partial charge < -0.3 is 5.32 Å². The summed E-state index contributed by atoms with van der Waals surface area (Å²) < 4.78 is 3.69. The molecule has 6 nitrogen and oxygen atoms in total. The standard InChI is InChI=1S/C18H21N5O/c1-4-23-14(3)17(13(2)21-23)18(24)20-16-8-5-7-15(11-16)12-22-10-6-9-19-22/h5-11H,4,12H2,1-3H3,(H,20,24). The van der Waals surface area contributed by atoms with Crippen LogP contribution in [0, 0.1) is 13.8 Å². The zero-order valence-electron chi connectivity index (χ0n) is 14.2. The van der Waals surface area contributed by atoms with Crippen molar-refractivity contribution in [3.05, 3.63) is 65.2 Å². The van der Waals surface area contributed by atoms with Crippen molar-refractivity contribution in [2.45, 2.75) is 33.9 Å². The van der Waals surface area contributed by atoms with Crippen molar-refractivity contribution >= 4 is 11.6 Å². The SMILES string of the molecule is CCn1nc(C)c(C(=O)Nc2cccc(Cn3cccn3)c2)c1C. The molecule has 124 valence electrons. The van der Waals surface area contributed by atoms with E-state index in [9.17, 15) is 4.79 Å². The summed E-state index contributed by atoms with van der Waals surface area (Å²) in [6.45, 7) is 7.22. The van der Waals surface area contributed by atoms with Gasteiger partial charge in [0, 0.05) is 30.3 Å². The van der Waals surface area contributed by atoms with Crippen LogP contribution in [0.2, 0.25) is 0 Å². The zero-order chi connectivity index (χ0) is 17.1. The Bertz CT molecular complexity index is 848. The quantitative estimate of drug-likeness (QED) is 0.785. The van der Waals surface area contributed by atoms with Gasteiger partial charge in [0.25, 0.3) is 5.91 Å². The Morgan fingerprint density at radius 2 is 2.08 bits per heavy atom. The Hall–Kier alpha value is -2.89. The molecule has 0 atom stereocenters. The number of nitrogens with one attached hydrogen (secondary N) is 1. The lowest BCUT2D eigenvalue weighted by atomic mass is 10.1. The van der Waals surface area contributed by atoms with Crippen LogP contribution in [0.5, 0.6) is 0 Å².